The largest absolute Gasteiger partial charge is 0.490 e. The molecule has 11 heteroatoms. The SMILES string of the molecule is CN(C)Cc1cn(CC2CCN(C(=O)CC3CCCCCC3)CC2)nn1.O=C(O)C(F)(F)F. The molecule has 1 aromatic heterocycles. The molecule has 1 N–H and O–H groups in total. The lowest BCUT2D eigenvalue weighted by atomic mass is 9.93. The van der Waals surface area contributed by atoms with Gasteiger partial charge in [0.15, 0.2) is 0 Å². The van der Waals surface area contributed by atoms with E-state index in [1.165, 1.54) is 38.5 Å². The predicted molar refractivity (Wildman–Crippen MR) is 116 cm³/mol. The van der Waals surface area contributed by atoms with Gasteiger partial charge in [-0.2, -0.15) is 13.2 Å². The maximum absolute atomic E-state index is 12.6. The zero-order chi connectivity index (χ0) is 24.4. The second-order valence-electron chi connectivity index (χ2n) is 9.36. The van der Waals surface area contributed by atoms with Crippen LogP contribution in [0.15, 0.2) is 6.20 Å². The molecule has 188 valence electrons. The third-order valence-electron chi connectivity index (χ3n) is 6.16. The van der Waals surface area contributed by atoms with Crippen molar-refractivity contribution < 1.29 is 27.9 Å². The van der Waals surface area contributed by atoms with Crippen LogP contribution in [-0.4, -0.2) is 75.1 Å². The van der Waals surface area contributed by atoms with Gasteiger partial charge in [-0.3, -0.25) is 9.48 Å². The normalized spacial score (nSPS) is 18.5. The number of hydrogen-bond donors (Lipinski definition) is 1. The fourth-order valence-corrected chi connectivity index (χ4v) is 4.40. The zero-order valence-electron chi connectivity index (χ0n) is 19.6. The molecule has 0 radical (unpaired) electrons. The van der Waals surface area contributed by atoms with Crippen LogP contribution in [0.4, 0.5) is 13.2 Å². The first kappa shape index (κ1) is 27.1. The number of likely N-dealkylation sites (tertiary alicyclic amines) is 1. The second-order valence-corrected chi connectivity index (χ2v) is 9.36. The quantitative estimate of drug-likeness (QED) is 0.633. The number of hydrogen-bond acceptors (Lipinski definition) is 5. The number of carboxylic acids is 1. The van der Waals surface area contributed by atoms with Crippen LogP contribution in [0.3, 0.4) is 0 Å². The summed E-state index contributed by atoms with van der Waals surface area (Å²) in [5, 5.41) is 15.6. The second kappa shape index (κ2) is 12.9. The molecule has 2 aliphatic rings. The Bertz CT molecular complexity index is 738. The Hall–Kier alpha value is -2.17. The third-order valence-corrected chi connectivity index (χ3v) is 6.16. The predicted octanol–water partition coefficient (Wildman–Crippen LogP) is 3.57. The number of carbonyl (C=O) groups is 2. The highest BCUT2D eigenvalue weighted by atomic mass is 19.4. The molecule has 1 saturated heterocycles. The Morgan fingerprint density at radius 1 is 1.06 bits per heavy atom. The van der Waals surface area contributed by atoms with Gasteiger partial charge < -0.3 is 14.9 Å². The molecule has 0 bridgehead atoms. The van der Waals surface area contributed by atoms with Gasteiger partial charge in [-0.05, 0) is 51.6 Å². The molecule has 1 aromatic rings. The highest BCUT2D eigenvalue weighted by molar-refractivity contribution is 5.76. The van der Waals surface area contributed by atoms with Crippen LogP contribution in [0, 0.1) is 11.8 Å². The van der Waals surface area contributed by atoms with Crippen molar-refractivity contribution in [3.05, 3.63) is 11.9 Å². The highest BCUT2D eigenvalue weighted by Crippen LogP contribution is 2.27. The first-order valence-corrected chi connectivity index (χ1v) is 11.7. The molecule has 2 heterocycles. The van der Waals surface area contributed by atoms with Crippen molar-refractivity contribution in [3.8, 4) is 0 Å². The van der Waals surface area contributed by atoms with E-state index in [4.69, 9.17) is 9.90 Å². The number of rotatable bonds is 6. The van der Waals surface area contributed by atoms with E-state index in [1.807, 2.05) is 18.8 Å². The summed E-state index contributed by atoms with van der Waals surface area (Å²) >= 11 is 0. The van der Waals surface area contributed by atoms with Crippen LogP contribution < -0.4 is 0 Å². The van der Waals surface area contributed by atoms with Crippen LogP contribution in [0.5, 0.6) is 0 Å². The molecule has 1 aliphatic carbocycles. The van der Waals surface area contributed by atoms with Crippen LogP contribution in [0.25, 0.3) is 0 Å². The molecule has 0 atom stereocenters. The monoisotopic (exact) mass is 475 g/mol. The summed E-state index contributed by atoms with van der Waals surface area (Å²) in [6, 6.07) is 0. The van der Waals surface area contributed by atoms with Crippen LogP contribution >= 0.6 is 0 Å². The molecular formula is C22H36F3N5O3. The summed E-state index contributed by atoms with van der Waals surface area (Å²) < 4.78 is 33.7. The van der Waals surface area contributed by atoms with Crippen LogP contribution in [0.1, 0.15) is 63.5 Å². The summed E-state index contributed by atoms with van der Waals surface area (Å²) in [6.07, 6.45) is 7.77. The van der Waals surface area contributed by atoms with Gasteiger partial charge in [0.2, 0.25) is 5.91 Å². The molecule has 1 saturated carbocycles. The number of aromatic nitrogens is 3. The molecule has 2 fully saturated rings. The van der Waals surface area contributed by atoms with Crippen LogP contribution in [0.2, 0.25) is 0 Å². The lowest BCUT2D eigenvalue weighted by Gasteiger charge is -2.32. The van der Waals surface area contributed by atoms with E-state index in [-0.39, 0.29) is 0 Å². The lowest BCUT2D eigenvalue weighted by Crippen LogP contribution is -2.40. The van der Waals surface area contributed by atoms with E-state index < -0.39 is 12.1 Å². The fraction of sp³-hybridized carbons (Fsp3) is 0.818. The van der Waals surface area contributed by atoms with E-state index >= 15 is 0 Å². The van der Waals surface area contributed by atoms with Gasteiger partial charge in [-0.25, -0.2) is 4.79 Å². The van der Waals surface area contributed by atoms with Crippen molar-refractivity contribution >= 4 is 11.9 Å². The van der Waals surface area contributed by atoms with Gasteiger partial charge in [0, 0.05) is 38.8 Å². The average Bonchev–Trinajstić information content (AvgIpc) is 3.00. The molecule has 0 aromatic carbocycles. The number of halogens is 3. The Balaban J connectivity index is 0.000000479. The molecular weight excluding hydrogens is 439 g/mol. The maximum atomic E-state index is 12.6. The molecule has 0 unspecified atom stereocenters. The number of carboxylic acid groups (broad SMARTS) is 1. The minimum atomic E-state index is -5.08. The lowest BCUT2D eigenvalue weighted by molar-refractivity contribution is -0.192. The number of amides is 1. The van der Waals surface area contributed by atoms with Gasteiger partial charge in [0.1, 0.15) is 0 Å². The van der Waals surface area contributed by atoms with Gasteiger partial charge >= 0.3 is 12.1 Å². The minimum absolute atomic E-state index is 0.393. The standard InChI is InChI=1S/C20H35N5O.C2HF3O2/c1-23(2)15-19-16-25(22-21-19)14-18-9-11-24(12-10-18)20(26)13-17-7-5-3-4-6-8-17;3-2(4,5)1(6)7/h16-18H,3-15H2,1-2H3;(H,6,7). The first-order valence-electron chi connectivity index (χ1n) is 11.7. The van der Waals surface area contributed by atoms with Crippen molar-refractivity contribution in [1.29, 1.82) is 0 Å². The van der Waals surface area contributed by atoms with Crippen molar-refractivity contribution in [3.63, 3.8) is 0 Å². The summed E-state index contributed by atoms with van der Waals surface area (Å²) in [4.78, 5) is 25.8. The average molecular weight is 476 g/mol. The van der Waals surface area contributed by atoms with Crippen molar-refractivity contribution in [1.82, 2.24) is 24.8 Å². The minimum Gasteiger partial charge on any atom is -0.475 e. The molecule has 3 rings (SSSR count). The summed E-state index contributed by atoms with van der Waals surface area (Å²) in [5.41, 5.74) is 1.02. The Kier molecular flexibility index (Phi) is 10.6. The van der Waals surface area contributed by atoms with Crippen LogP contribution in [-0.2, 0) is 22.7 Å². The van der Waals surface area contributed by atoms with Crippen molar-refractivity contribution in [2.45, 2.75) is 77.1 Å². The summed E-state index contributed by atoms with van der Waals surface area (Å²) in [7, 11) is 4.08. The first-order chi connectivity index (χ1) is 15.5. The maximum Gasteiger partial charge on any atom is 0.490 e. The highest BCUT2D eigenvalue weighted by Gasteiger charge is 2.38. The fourth-order valence-electron chi connectivity index (χ4n) is 4.40. The van der Waals surface area contributed by atoms with E-state index in [2.05, 4.69) is 26.3 Å². The van der Waals surface area contributed by atoms with Gasteiger partial charge in [-0.15, -0.1) is 5.10 Å². The Labute approximate surface area is 193 Å². The number of aliphatic carboxylic acids is 1. The topological polar surface area (TPSA) is 91.6 Å². The van der Waals surface area contributed by atoms with Crippen molar-refractivity contribution in [2.24, 2.45) is 11.8 Å². The Morgan fingerprint density at radius 3 is 2.15 bits per heavy atom. The molecule has 1 aliphatic heterocycles. The number of carbonyl (C=O) groups excluding carboxylic acids is 1. The van der Waals surface area contributed by atoms with E-state index in [0.717, 1.165) is 51.1 Å². The van der Waals surface area contributed by atoms with E-state index in [1.54, 1.807) is 0 Å². The zero-order valence-corrected chi connectivity index (χ0v) is 19.6. The Morgan fingerprint density at radius 2 is 1.64 bits per heavy atom. The number of nitrogens with zero attached hydrogens (tertiary/aromatic N) is 5. The third kappa shape index (κ3) is 10.1. The number of piperidine rings is 1. The molecule has 0 spiro atoms. The van der Waals surface area contributed by atoms with Gasteiger partial charge in [0.25, 0.3) is 0 Å². The molecule has 8 nitrogen and oxygen atoms in total. The van der Waals surface area contributed by atoms with E-state index in [0.29, 0.717) is 17.7 Å². The smallest absolute Gasteiger partial charge is 0.475 e. The van der Waals surface area contributed by atoms with E-state index in [9.17, 15) is 18.0 Å². The number of alkyl halides is 3. The van der Waals surface area contributed by atoms with Crippen molar-refractivity contribution in [2.75, 3.05) is 27.2 Å². The molecule has 1 amide bonds. The summed E-state index contributed by atoms with van der Waals surface area (Å²) in [6.45, 7) is 3.57. The molecule has 33 heavy (non-hydrogen) atoms. The van der Waals surface area contributed by atoms with Gasteiger partial charge in [0.05, 0.1) is 5.69 Å². The summed E-state index contributed by atoms with van der Waals surface area (Å²) in [5.74, 6) is -1.13. The van der Waals surface area contributed by atoms with Gasteiger partial charge in [-0.1, -0.05) is 30.9 Å².